The van der Waals surface area contributed by atoms with Gasteiger partial charge in [-0.25, -0.2) is 4.98 Å². The van der Waals surface area contributed by atoms with Crippen LogP contribution in [0.15, 0.2) is 66.9 Å². The summed E-state index contributed by atoms with van der Waals surface area (Å²) in [6.07, 6.45) is 3.45. The first-order chi connectivity index (χ1) is 13.7. The molecule has 0 bridgehead atoms. The summed E-state index contributed by atoms with van der Waals surface area (Å²) in [6.45, 7) is 3.29. The number of carbonyl (C=O) groups is 1. The quantitative estimate of drug-likeness (QED) is 0.640. The molecular weight excluding hydrogens is 352 g/mol. The Morgan fingerprint density at radius 3 is 2.68 bits per heavy atom. The van der Waals surface area contributed by atoms with Crippen molar-refractivity contribution < 1.29 is 14.3 Å². The third-order valence-corrected chi connectivity index (χ3v) is 4.67. The van der Waals surface area contributed by atoms with E-state index in [9.17, 15) is 4.79 Å². The number of amides is 1. The van der Waals surface area contributed by atoms with Gasteiger partial charge in [0.2, 0.25) is 5.88 Å². The lowest BCUT2D eigenvalue weighted by Crippen LogP contribution is -2.35. The van der Waals surface area contributed by atoms with Gasteiger partial charge in [0.1, 0.15) is 11.5 Å². The molecule has 5 heteroatoms. The number of para-hydroxylation sites is 1. The Labute approximate surface area is 164 Å². The topological polar surface area (TPSA) is 51.7 Å². The van der Waals surface area contributed by atoms with E-state index in [-0.39, 0.29) is 5.91 Å². The van der Waals surface area contributed by atoms with Crippen molar-refractivity contribution in [2.75, 3.05) is 18.1 Å². The molecule has 0 aliphatic carbocycles. The van der Waals surface area contributed by atoms with Crippen LogP contribution in [0.1, 0.15) is 29.3 Å². The first-order valence-electron chi connectivity index (χ1n) is 9.51. The molecule has 0 N–H and O–H groups in total. The first kappa shape index (κ1) is 18.0. The van der Waals surface area contributed by atoms with Crippen molar-refractivity contribution in [3.05, 3.63) is 78.0 Å². The fourth-order valence-electron chi connectivity index (χ4n) is 3.37. The SMILES string of the molecule is CCOc1ccc2c(c1)CCCN2C(=O)c1ccc(Oc2ccccc2)nc1. The number of rotatable bonds is 5. The van der Waals surface area contributed by atoms with Gasteiger partial charge in [-0.3, -0.25) is 4.79 Å². The molecule has 2 aromatic carbocycles. The summed E-state index contributed by atoms with van der Waals surface area (Å²) in [5, 5.41) is 0. The van der Waals surface area contributed by atoms with Crippen molar-refractivity contribution in [3.8, 4) is 17.4 Å². The van der Waals surface area contributed by atoms with Gasteiger partial charge in [0, 0.05) is 24.5 Å². The standard InChI is InChI=1S/C23H22N2O3/c1-2-27-20-11-12-21-17(15-20)7-6-14-25(21)23(26)18-10-13-22(24-16-18)28-19-8-4-3-5-9-19/h3-5,8-13,15-16H,2,6-7,14H2,1H3. The highest BCUT2D eigenvalue weighted by Crippen LogP contribution is 2.31. The predicted octanol–water partition coefficient (Wildman–Crippen LogP) is 4.87. The predicted molar refractivity (Wildman–Crippen MR) is 108 cm³/mol. The van der Waals surface area contributed by atoms with Crippen LogP contribution in [0.4, 0.5) is 5.69 Å². The fourth-order valence-corrected chi connectivity index (χ4v) is 3.37. The average molecular weight is 374 g/mol. The molecule has 1 amide bonds. The molecule has 1 aliphatic heterocycles. The first-order valence-corrected chi connectivity index (χ1v) is 9.51. The summed E-state index contributed by atoms with van der Waals surface area (Å²) in [4.78, 5) is 19.2. The van der Waals surface area contributed by atoms with Gasteiger partial charge in [-0.1, -0.05) is 18.2 Å². The second-order valence-corrected chi connectivity index (χ2v) is 6.58. The summed E-state index contributed by atoms with van der Waals surface area (Å²) in [5.74, 6) is 1.97. The number of hydrogen-bond donors (Lipinski definition) is 0. The van der Waals surface area contributed by atoms with Crippen LogP contribution in [0.5, 0.6) is 17.4 Å². The average Bonchev–Trinajstić information content (AvgIpc) is 2.74. The smallest absolute Gasteiger partial charge is 0.259 e. The van der Waals surface area contributed by atoms with Crippen molar-refractivity contribution in [2.24, 2.45) is 0 Å². The molecule has 0 atom stereocenters. The molecule has 1 aliphatic rings. The molecule has 142 valence electrons. The lowest BCUT2D eigenvalue weighted by atomic mass is 10.0. The molecule has 2 heterocycles. The zero-order valence-electron chi connectivity index (χ0n) is 15.8. The van der Waals surface area contributed by atoms with E-state index in [1.807, 2.05) is 60.4 Å². The third-order valence-electron chi connectivity index (χ3n) is 4.67. The van der Waals surface area contributed by atoms with Crippen LogP contribution in [0.2, 0.25) is 0 Å². The van der Waals surface area contributed by atoms with Gasteiger partial charge in [-0.05, 0) is 61.7 Å². The van der Waals surface area contributed by atoms with Gasteiger partial charge < -0.3 is 14.4 Å². The van der Waals surface area contributed by atoms with Crippen LogP contribution >= 0.6 is 0 Å². The molecule has 0 unspecified atom stereocenters. The monoisotopic (exact) mass is 374 g/mol. The van der Waals surface area contributed by atoms with Gasteiger partial charge in [0.15, 0.2) is 0 Å². The number of aromatic nitrogens is 1. The van der Waals surface area contributed by atoms with E-state index in [4.69, 9.17) is 9.47 Å². The fraction of sp³-hybridized carbons (Fsp3) is 0.217. The number of aryl methyl sites for hydroxylation is 1. The number of carbonyl (C=O) groups excluding carboxylic acids is 1. The summed E-state index contributed by atoms with van der Waals surface area (Å²) in [5.41, 5.74) is 2.63. The van der Waals surface area contributed by atoms with E-state index in [2.05, 4.69) is 4.98 Å². The van der Waals surface area contributed by atoms with Gasteiger partial charge in [-0.15, -0.1) is 0 Å². The minimum atomic E-state index is -0.0520. The Hall–Kier alpha value is -3.34. The van der Waals surface area contributed by atoms with Crippen molar-refractivity contribution in [3.63, 3.8) is 0 Å². The number of ether oxygens (including phenoxy) is 2. The van der Waals surface area contributed by atoms with Crippen LogP contribution in [0.3, 0.4) is 0 Å². The molecule has 5 nitrogen and oxygen atoms in total. The number of benzene rings is 2. The highest BCUT2D eigenvalue weighted by atomic mass is 16.5. The highest BCUT2D eigenvalue weighted by molar-refractivity contribution is 6.06. The summed E-state index contributed by atoms with van der Waals surface area (Å²) < 4.78 is 11.3. The summed E-state index contributed by atoms with van der Waals surface area (Å²) >= 11 is 0. The highest BCUT2D eigenvalue weighted by Gasteiger charge is 2.24. The number of fused-ring (bicyclic) bond motifs is 1. The second-order valence-electron chi connectivity index (χ2n) is 6.58. The van der Waals surface area contributed by atoms with Gasteiger partial charge >= 0.3 is 0 Å². The maximum Gasteiger partial charge on any atom is 0.259 e. The Morgan fingerprint density at radius 1 is 1.07 bits per heavy atom. The van der Waals surface area contributed by atoms with Crippen LogP contribution in [0.25, 0.3) is 0 Å². The van der Waals surface area contributed by atoms with E-state index < -0.39 is 0 Å². The van der Waals surface area contributed by atoms with Crippen LogP contribution < -0.4 is 14.4 Å². The lowest BCUT2D eigenvalue weighted by molar-refractivity contribution is 0.0984. The van der Waals surface area contributed by atoms with Gasteiger partial charge in [0.05, 0.1) is 12.2 Å². The Morgan fingerprint density at radius 2 is 1.93 bits per heavy atom. The van der Waals surface area contributed by atoms with Gasteiger partial charge in [0.25, 0.3) is 5.91 Å². The molecular formula is C23H22N2O3. The molecule has 0 radical (unpaired) electrons. The van der Waals surface area contributed by atoms with Crippen molar-refractivity contribution in [1.29, 1.82) is 0 Å². The molecule has 0 fully saturated rings. The molecule has 0 saturated heterocycles. The van der Waals surface area contributed by atoms with Crippen molar-refractivity contribution in [2.45, 2.75) is 19.8 Å². The molecule has 4 rings (SSSR count). The van der Waals surface area contributed by atoms with E-state index in [0.29, 0.717) is 30.3 Å². The maximum absolute atomic E-state index is 13.1. The minimum absolute atomic E-state index is 0.0520. The summed E-state index contributed by atoms with van der Waals surface area (Å²) in [7, 11) is 0. The van der Waals surface area contributed by atoms with Crippen LogP contribution in [-0.2, 0) is 6.42 Å². The van der Waals surface area contributed by atoms with Crippen molar-refractivity contribution in [1.82, 2.24) is 4.98 Å². The van der Waals surface area contributed by atoms with E-state index in [1.165, 1.54) is 0 Å². The molecule has 3 aromatic rings. The minimum Gasteiger partial charge on any atom is -0.494 e. The molecule has 0 spiro atoms. The van der Waals surface area contributed by atoms with Gasteiger partial charge in [-0.2, -0.15) is 0 Å². The Balaban J connectivity index is 1.52. The van der Waals surface area contributed by atoms with E-state index in [0.717, 1.165) is 29.8 Å². The third kappa shape index (κ3) is 3.83. The lowest BCUT2D eigenvalue weighted by Gasteiger charge is -2.30. The largest absolute Gasteiger partial charge is 0.494 e. The Kier molecular flexibility index (Phi) is 5.24. The number of hydrogen-bond acceptors (Lipinski definition) is 4. The maximum atomic E-state index is 13.1. The zero-order valence-corrected chi connectivity index (χ0v) is 15.8. The number of pyridine rings is 1. The van der Waals surface area contributed by atoms with E-state index >= 15 is 0 Å². The van der Waals surface area contributed by atoms with Crippen molar-refractivity contribution >= 4 is 11.6 Å². The number of nitrogens with zero attached hydrogens (tertiary/aromatic N) is 2. The zero-order chi connectivity index (χ0) is 19.3. The molecule has 1 aromatic heterocycles. The molecule has 28 heavy (non-hydrogen) atoms. The van der Waals surface area contributed by atoms with Crippen LogP contribution in [-0.4, -0.2) is 24.0 Å². The second kappa shape index (κ2) is 8.13. The molecule has 0 saturated carbocycles. The Bertz CT molecular complexity index is 955. The van der Waals surface area contributed by atoms with Crippen LogP contribution in [0, 0.1) is 0 Å². The number of anilines is 1. The normalized spacial score (nSPS) is 13.0. The summed E-state index contributed by atoms with van der Waals surface area (Å²) in [6, 6.07) is 18.9. The van der Waals surface area contributed by atoms with E-state index in [1.54, 1.807) is 18.3 Å².